The molecule has 0 rings (SSSR count). The van der Waals surface area contributed by atoms with Crippen LogP contribution in [0.4, 0.5) is 0 Å². The Hall–Kier alpha value is -2.08. The molecule has 28 heavy (non-hydrogen) atoms. The fourth-order valence-corrected chi connectivity index (χ4v) is 3.29. The predicted molar refractivity (Wildman–Crippen MR) is 104 cm³/mol. The van der Waals surface area contributed by atoms with E-state index in [4.69, 9.17) is 10.2 Å². The molecule has 0 saturated heterocycles. The lowest BCUT2D eigenvalue weighted by atomic mass is 10.3. The zero-order chi connectivity index (χ0) is 21.7. The SMILES string of the molecule is CCC(=O)NC(CSC(=O)CCC(=O)SCC(NC(=O)CC)C(=O)O)C(=O)O. The predicted octanol–water partition coefficient (Wildman–Crippen LogP) is 0.245. The third-order valence-corrected chi connectivity index (χ3v) is 5.32. The summed E-state index contributed by atoms with van der Waals surface area (Å²) in [5, 5.41) is 21.8. The van der Waals surface area contributed by atoms with Gasteiger partial charge in [0.05, 0.1) is 0 Å². The molecule has 2 unspecified atom stereocenters. The summed E-state index contributed by atoms with van der Waals surface area (Å²) in [4.78, 5) is 68.3. The van der Waals surface area contributed by atoms with Gasteiger partial charge in [-0.05, 0) is 0 Å². The molecule has 12 heteroatoms. The number of carbonyl (C=O) groups excluding carboxylic acids is 4. The minimum Gasteiger partial charge on any atom is -0.480 e. The van der Waals surface area contributed by atoms with Gasteiger partial charge in [0.2, 0.25) is 11.8 Å². The van der Waals surface area contributed by atoms with Crippen molar-refractivity contribution in [2.45, 2.75) is 51.6 Å². The smallest absolute Gasteiger partial charge is 0.327 e. The third kappa shape index (κ3) is 11.6. The summed E-state index contributed by atoms with van der Waals surface area (Å²) in [5.41, 5.74) is 0. The van der Waals surface area contributed by atoms with E-state index in [0.717, 1.165) is 0 Å². The number of carboxylic acids is 2. The molecule has 0 aliphatic heterocycles. The van der Waals surface area contributed by atoms with Crippen molar-refractivity contribution in [3.63, 3.8) is 0 Å². The van der Waals surface area contributed by atoms with Crippen LogP contribution in [-0.4, -0.2) is 67.8 Å². The highest BCUT2D eigenvalue weighted by Gasteiger charge is 2.22. The lowest BCUT2D eigenvalue weighted by molar-refractivity contribution is -0.141. The van der Waals surface area contributed by atoms with E-state index in [2.05, 4.69) is 10.6 Å². The monoisotopic (exact) mass is 436 g/mol. The van der Waals surface area contributed by atoms with Crippen LogP contribution >= 0.6 is 23.5 Å². The van der Waals surface area contributed by atoms with Crippen LogP contribution in [0.15, 0.2) is 0 Å². The number of carboxylic acid groups (broad SMARTS) is 2. The number of carbonyl (C=O) groups is 6. The van der Waals surface area contributed by atoms with Crippen LogP contribution in [0.25, 0.3) is 0 Å². The number of aliphatic carboxylic acids is 2. The van der Waals surface area contributed by atoms with Gasteiger partial charge in [-0.3, -0.25) is 19.2 Å². The lowest BCUT2D eigenvalue weighted by Crippen LogP contribution is -2.42. The van der Waals surface area contributed by atoms with Crippen molar-refractivity contribution in [1.82, 2.24) is 10.6 Å². The van der Waals surface area contributed by atoms with Crippen molar-refractivity contribution in [3.8, 4) is 0 Å². The minimum absolute atomic E-state index is 0.115. The Morgan fingerprint density at radius 3 is 1.29 bits per heavy atom. The van der Waals surface area contributed by atoms with Gasteiger partial charge in [0.25, 0.3) is 0 Å². The second-order valence-corrected chi connectivity index (χ2v) is 7.64. The number of amides is 2. The van der Waals surface area contributed by atoms with E-state index in [1.54, 1.807) is 13.8 Å². The Morgan fingerprint density at radius 1 is 0.714 bits per heavy atom. The van der Waals surface area contributed by atoms with Crippen molar-refractivity contribution in [3.05, 3.63) is 0 Å². The largest absolute Gasteiger partial charge is 0.480 e. The topological polar surface area (TPSA) is 167 Å². The maximum absolute atomic E-state index is 11.8. The molecule has 2 amide bonds. The van der Waals surface area contributed by atoms with E-state index in [1.807, 2.05) is 0 Å². The maximum Gasteiger partial charge on any atom is 0.327 e. The number of nitrogens with one attached hydrogen (secondary N) is 2. The molecule has 0 aliphatic carbocycles. The van der Waals surface area contributed by atoms with Crippen molar-refractivity contribution in [2.24, 2.45) is 0 Å². The molecule has 4 N–H and O–H groups in total. The minimum atomic E-state index is -1.26. The van der Waals surface area contributed by atoms with E-state index in [-0.39, 0.29) is 37.2 Å². The van der Waals surface area contributed by atoms with Gasteiger partial charge in [-0.15, -0.1) is 0 Å². The second-order valence-electron chi connectivity index (χ2n) is 5.49. The molecule has 0 fully saturated rings. The van der Waals surface area contributed by atoms with E-state index in [9.17, 15) is 28.8 Å². The van der Waals surface area contributed by atoms with Crippen LogP contribution in [0.3, 0.4) is 0 Å². The zero-order valence-electron chi connectivity index (χ0n) is 15.6. The molecule has 0 saturated carbocycles. The van der Waals surface area contributed by atoms with Crippen LogP contribution < -0.4 is 10.6 Å². The second kappa shape index (κ2) is 14.0. The molecule has 0 radical (unpaired) electrons. The molecule has 0 bridgehead atoms. The zero-order valence-corrected chi connectivity index (χ0v) is 17.2. The van der Waals surface area contributed by atoms with Crippen LogP contribution in [0.1, 0.15) is 39.5 Å². The van der Waals surface area contributed by atoms with Crippen LogP contribution in [0.2, 0.25) is 0 Å². The van der Waals surface area contributed by atoms with E-state index < -0.39 is 46.1 Å². The summed E-state index contributed by atoms with van der Waals surface area (Å²) >= 11 is 1.40. The van der Waals surface area contributed by atoms with E-state index in [0.29, 0.717) is 23.5 Å². The van der Waals surface area contributed by atoms with E-state index in [1.165, 1.54) is 0 Å². The number of hydrogen-bond donors (Lipinski definition) is 4. The van der Waals surface area contributed by atoms with Gasteiger partial charge < -0.3 is 20.8 Å². The summed E-state index contributed by atoms with van der Waals surface area (Å²) < 4.78 is 0. The van der Waals surface area contributed by atoms with E-state index >= 15 is 0 Å². The third-order valence-electron chi connectivity index (χ3n) is 3.26. The van der Waals surface area contributed by atoms with Gasteiger partial charge >= 0.3 is 11.9 Å². The summed E-state index contributed by atoms with van der Waals surface area (Å²) in [6, 6.07) is -2.41. The normalized spacial score (nSPS) is 12.5. The van der Waals surface area contributed by atoms with Crippen molar-refractivity contribution in [2.75, 3.05) is 11.5 Å². The van der Waals surface area contributed by atoms with Crippen LogP contribution in [0.5, 0.6) is 0 Å². The molecule has 10 nitrogen and oxygen atoms in total. The van der Waals surface area contributed by atoms with Crippen molar-refractivity contribution >= 4 is 57.5 Å². The standard InChI is InChI=1S/C16H24N2O8S2/c1-3-11(19)17-9(15(23)24)7-27-13(21)5-6-14(22)28-8-10(16(25)26)18-12(20)4-2/h9-10H,3-8H2,1-2H3,(H,17,19)(H,18,20)(H,23,24)(H,25,26). The highest BCUT2D eigenvalue weighted by molar-refractivity contribution is 8.14. The van der Waals surface area contributed by atoms with Crippen molar-refractivity contribution in [1.29, 1.82) is 0 Å². The fourth-order valence-electron chi connectivity index (χ4n) is 1.64. The average Bonchev–Trinajstić information content (AvgIpc) is 2.65. The highest BCUT2D eigenvalue weighted by atomic mass is 32.2. The molecule has 0 spiro atoms. The lowest BCUT2D eigenvalue weighted by Gasteiger charge is -2.13. The number of hydrogen-bond acceptors (Lipinski definition) is 8. The van der Waals surface area contributed by atoms with Crippen LogP contribution in [0, 0.1) is 0 Å². The summed E-state index contributed by atoms with van der Waals surface area (Å²) in [6.07, 6.45) is -0.0679. The highest BCUT2D eigenvalue weighted by Crippen LogP contribution is 2.14. The Kier molecular flexibility index (Phi) is 13.0. The summed E-state index contributed by atoms with van der Waals surface area (Å²) in [5.74, 6) is -3.74. The van der Waals surface area contributed by atoms with Gasteiger partial charge in [-0.1, -0.05) is 37.4 Å². The molecular weight excluding hydrogens is 412 g/mol. The number of thioether (sulfide) groups is 2. The molecule has 0 aromatic heterocycles. The molecule has 0 aliphatic rings. The number of rotatable bonds is 13. The fraction of sp³-hybridized carbons (Fsp3) is 0.625. The van der Waals surface area contributed by atoms with Crippen molar-refractivity contribution < 1.29 is 39.0 Å². The molecule has 0 heterocycles. The molecule has 0 aromatic rings. The summed E-state index contributed by atoms with van der Waals surface area (Å²) in [7, 11) is 0. The maximum atomic E-state index is 11.8. The first-order chi connectivity index (χ1) is 13.1. The quantitative estimate of drug-likeness (QED) is 0.314. The molecule has 0 aromatic carbocycles. The Morgan fingerprint density at radius 2 is 1.04 bits per heavy atom. The van der Waals surface area contributed by atoms with Gasteiger partial charge in [-0.25, -0.2) is 9.59 Å². The first kappa shape index (κ1) is 25.9. The molecule has 158 valence electrons. The first-order valence-electron chi connectivity index (χ1n) is 8.46. The Labute approximate surface area is 170 Å². The van der Waals surface area contributed by atoms with Gasteiger partial charge in [-0.2, -0.15) is 0 Å². The molecule has 2 atom stereocenters. The first-order valence-corrected chi connectivity index (χ1v) is 10.4. The Balaban J connectivity index is 4.30. The van der Waals surface area contributed by atoms with Gasteiger partial charge in [0.15, 0.2) is 10.2 Å². The summed E-state index contributed by atoms with van der Waals surface area (Å²) in [6.45, 7) is 3.14. The average molecular weight is 437 g/mol. The Bertz CT molecular complexity index is 559. The van der Waals surface area contributed by atoms with Crippen LogP contribution in [-0.2, 0) is 28.8 Å². The molecular formula is C16H24N2O8S2. The van der Waals surface area contributed by atoms with Gasteiger partial charge in [0.1, 0.15) is 12.1 Å². The van der Waals surface area contributed by atoms with Gasteiger partial charge in [0, 0.05) is 37.2 Å².